The monoisotopic (exact) mass is 272 g/mol. The van der Waals surface area contributed by atoms with Gasteiger partial charge in [0.25, 0.3) is 0 Å². The highest BCUT2D eigenvalue weighted by Crippen LogP contribution is 2.30. The smallest absolute Gasteiger partial charge is 0.208 e. The second kappa shape index (κ2) is 4.94. The van der Waals surface area contributed by atoms with Crippen molar-refractivity contribution in [2.75, 3.05) is 6.61 Å². The van der Waals surface area contributed by atoms with Crippen LogP contribution in [0.15, 0.2) is 28.8 Å². The molecule has 4 heteroatoms. The van der Waals surface area contributed by atoms with Gasteiger partial charge in [0.1, 0.15) is 5.75 Å². The minimum Gasteiger partial charge on any atom is -0.493 e. The van der Waals surface area contributed by atoms with Gasteiger partial charge in [-0.05, 0) is 44.5 Å². The summed E-state index contributed by atoms with van der Waals surface area (Å²) in [4.78, 5) is 4.33. The molecule has 0 amide bonds. The third-order valence-corrected chi connectivity index (χ3v) is 3.30. The average Bonchev–Trinajstić information content (AvgIpc) is 3.03. The minimum atomic E-state index is 0.0551. The van der Waals surface area contributed by atoms with Crippen LogP contribution in [-0.4, -0.2) is 17.1 Å². The molecule has 0 saturated heterocycles. The number of aromatic nitrogens is 1. The van der Waals surface area contributed by atoms with E-state index in [0.29, 0.717) is 12.4 Å². The maximum atomic E-state index is 5.81. The molecule has 1 N–H and O–H groups in total. The van der Waals surface area contributed by atoms with Crippen molar-refractivity contribution >= 4 is 0 Å². The molecule has 1 aromatic heterocycles. The minimum absolute atomic E-state index is 0.0551. The number of oxazole rings is 1. The first-order valence-electron chi connectivity index (χ1n) is 6.97. The second-order valence-corrected chi connectivity index (χ2v) is 6.14. The molecule has 0 saturated carbocycles. The zero-order valence-corrected chi connectivity index (χ0v) is 12.2. The predicted octanol–water partition coefficient (Wildman–Crippen LogP) is 3.16. The van der Waals surface area contributed by atoms with E-state index >= 15 is 0 Å². The Labute approximate surface area is 119 Å². The van der Waals surface area contributed by atoms with E-state index in [9.17, 15) is 0 Å². The molecule has 3 rings (SSSR count). The number of fused-ring (bicyclic) bond motifs is 1. The topological polar surface area (TPSA) is 47.3 Å². The summed E-state index contributed by atoms with van der Waals surface area (Å²) in [6.07, 6.45) is 2.76. The Kier molecular flexibility index (Phi) is 3.26. The summed E-state index contributed by atoms with van der Waals surface area (Å²) < 4.78 is 11.3. The lowest BCUT2D eigenvalue weighted by molar-refractivity contribution is 0.357. The summed E-state index contributed by atoms with van der Waals surface area (Å²) in [7, 11) is 0. The molecule has 0 aliphatic carbocycles. The summed E-state index contributed by atoms with van der Waals surface area (Å²) in [6.45, 7) is 7.78. The van der Waals surface area contributed by atoms with Crippen LogP contribution in [-0.2, 0) is 13.0 Å². The van der Waals surface area contributed by atoms with E-state index in [1.165, 1.54) is 5.56 Å². The second-order valence-electron chi connectivity index (χ2n) is 6.14. The number of hydrogen-bond donors (Lipinski definition) is 1. The van der Waals surface area contributed by atoms with Crippen LogP contribution < -0.4 is 10.1 Å². The molecule has 2 heterocycles. The van der Waals surface area contributed by atoms with Crippen molar-refractivity contribution in [2.24, 2.45) is 0 Å². The largest absolute Gasteiger partial charge is 0.493 e. The molecule has 0 unspecified atom stereocenters. The Hall–Kier alpha value is -1.81. The van der Waals surface area contributed by atoms with Gasteiger partial charge in [-0.25, -0.2) is 4.98 Å². The molecule has 0 bridgehead atoms. The van der Waals surface area contributed by atoms with Gasteiger partial charge in [-0.2, -0.15) is 0 Å². The van der Waals surface area contributed by atoms with Gasteiger partial charge in [-0.1, -0.05) is 0 Å². The van der Waals surface area contributed by atoms with E-state index in [4.69, 9.17) is 9.15 Å². The highest BCUT2D eigenvalue weighted by atomic mass is 16.5. The number of rotatable bonds is 3. The third-order valence-electron chi connectivity index (χ3n) is 3.30. The van der Waals surface area contributed by atoms with Gasteiger partial charge in [0.2, 0.25) is 5.89 Å². The Morgan fingerprint density at radius 1 is 1.30 bits per heavy atom. The van der Waals surface area contributed by atoms with Crippen LogP contribution in [0.2, 0.25) is 0 Å². The van der Waals surface area contributed by atoms with Gasteiger partial charge in [0.05, 0.1) is 19.3 Å². The predicted molar refractivity (Wildman–Crippen MR) is 77.7 cm³/mol. The van der Waals surface area contributed by atoms with E-state index in [1.807, 2.05) is 12.1 Å². The van der Waals surface area contributed by atoms with Gasteiger partial charge in [-0.15, -0.1) is 0 Å². The molecule has 106 valence electrons. The first-order valence-corrected chi connectivity index (χ1v) is 6.97. The summed E-state index contributed by atoms with van der Waals surface area (Å²) in [5.74, 6) is 2.51. The molecule has 1 aliphatic heterocycles. The van der Waals surface area contributed by atoms with Gasteiger partial charge >= 0.3 is 0 Å². The number of hydrogen-bond acceptors (Lipinski definition) is 4. The summed E-state index contributed by atoms with van der Waals surface area (Å²) in [6, 6.07) is 6.16. The van der Waals surface area contributed by atoms with E-state index < -0.39 is 0 Å². The number of nitrogens with zero attached hydrogens (tertiary/aromatic N) is 1. The van der Waals surface area contributed by atoms with Crippen molar-refractivity contribution in [2.45, 2.75) is 39.3 Å². The lowest BCUT2D eigenvalue weighted by atomic mass is 10.1. The number of benzene rings is 1. The molecule has 2 aromatic rings. The van der Waals surface area contributed by atoms with E-state index in [1.54, 1.807) is 6.20 Å². The van der Waals surface area contributed by atoms with Crippen molar-refractivity contribution in [1.82, 2.24) is 10.3 Å². The SMILES string of the molecule is CC(C)(C)NCc1ncc(-c2ccc3c(c2)CCO3)o1. The Balaban J connectivity index is 1.76. The zero-order valence-electron chi connectivity index (χ0n) is 12.2. The van der Waals surface area contributed by atoms with Crippen molar-refractivity contribution in [3.8, 4) is 17.1 Å². The standard InChI is InChI=1S/C16H20N2O2/c1-16(2,3)18-10-15-17-9-14(20-15)11-4-5-13-12(8-11)6-7-19-13/h4-5,8-9,18H,6-7,10H2,1-3H3. The Morgan fingerprint density at radius 2 is 2.15 bits per heavy atom. The van der Waals surface area contributed by atoms with Gasteiger partial charge in [-0.3, -0.25) is 0 Å². The molecular formula is C16H20N2O2. The molecule has 0 radical (unpaired) electrons. The summed E-state index contributed by atoms with van der Waals surface area (Å²) >= 11 is 0. The molecule has 0 fully saturated rings. The van der Waals surface area contributed by atoms with Crippen LogP contribution in [0.4, 0.5) is 0 Å². The molecule has 1 aliphatic rings. The highest BCUT2D eigenvalue weighted by Gasteiger charge is 2.15. The van der Waals surface area contributed by atoms with Crippen molar-refractivity contribution in [3.05, 3.63) is 35.9 Å². The molecule has 20 heavy (non-hydrogen) atoms. The normalized spacial score (nSPS) is 14.2. The van der Waals surface area contributed by atoms with E-state index in [-0.39, 0.29) is 5.54 Å². The maximum absolute atomic E-state index is 5.81. The first kappa shape index (κ1) is 13.2. The van der Waals surface area contributed by atoms with Crippen LogP contribution in [0.3, 0.4) is 0 Å². The number of ether oxygens (including phenoxy) is 1. The average molecular weight is 272 g/mol. The van der Waals surface area contributed by atoms with Crippen LogP contribution >= 0.6 is 0 Å². The molecule has 1 aromatic carbocycles. The van der Waals surface area contributed by atoms with Crippen molar-refractivity contribution < 1.29 is 9.15 Å². The maximum Gasteiger partial charge on any atom is 0.208 e. The summed E-state index contributed by atoms with van der Waals surface area (Å²) in [5.41, 5.74) is 2.36. The fourth-order valence-corrected chi connectivity index (χ4v) is 2.21. The Morgan fingerprint density at radius 3 is 2.95 bits per heavy atom. The fourth-order valence-electron chi connectivity index (χ4n) is 2.21. The van der Waals surface area contributed by atoms with Crippen molar-refractivity contribution in [1.29, 1.82) is 0 Å². The van der Waals surface area contributed by atoms with Crippen LogP contribution in [0.25, 0.3) is 11.3 Å². The lowest BCUT2D eigenvalue weighted by Crippen LogP contribution is -2.35. The fraction of sp³-hybridized carbons (Fsp3) is 0.438. The van der Waals surface area contributed by atoms with Crippen molar-refractivity contribution in [3.63, 3.8) is 0 Å². The summed E-state index contributed by atoms with van der Waals surface area (Å²) in [5, 5.41) is 3.37. The molecule has 0 spiro atoms. The zero-order chi connectivity index (χ0) is 14.2. The van der Waals surface area contributed by atoms with E-state index in [0.717, 1.165) is 30.1 Å². The lowest BCUT2D eigenvalue weighted by Gasteiger charge is -2.18. The number of nitrogens with one attached hydrogen (secondary N) is 1. The molecular weight excluding hydrogens is 252 g/mol. The van der Waals surface area contributed by atoms with E-state index in [2.05, 4.69) is 37.1 Å². The van der Waals surface area contributed by atoms with Crippen LogP contribution in [0, 0.1) is 0 Å². The van der Waals surface area contributed by atoms with Crippen LogP contribution in [0.1, 0.15) is 32.2 Å². The van der Waals surface area contributed by atoms with Gasteiger partial charge in [0.15, 0.2) is 5.76 Å². The van der Waals surface area contributed by atoms with Gasteiger partial charge in [0, 0.05) is 17.5 Å². The van der Waals surface area contributed by atoms with Crippen LogP contribution in [0.5, 0.6) is 5.75 Å². The first-order chi connectivity index (χ1) is 9.51. The highest BCUT2D eigenvalue weighted by molar-refractivity contribution is 5.60. The molecule has 0 atom stereocenters. The Bertz CT molecular complexity index is 611. The van der Waals surface area contributed by atoms with Gasteiger partial charge < -0.3 is 14.5 Å². The quantitative estimate of drug-likeness (QED) is 0.932. The molecule has 4 nitrogen and oxygen atoms in total. The third kappa shape index (κ3) is 2.85.